The van der Waals surface area contributed by atoms with Crippen molar-refractivity contribution in [3.05, 3.63) is 24.5 Å². The van der Waals surface area contributed by atoms with Crippen LogP contribution >= 0.6 is 7.60 Å². The number of nitrogen functional groups attached to an aromatic ring is 1. The Bertz CT molecular complexity index is 873. The maximum absolute atomic E-state index is 12.8. The maximum Gasteiger partial charge on any atom is 0.353 e. The van der Waals surface area contributed by atoms with Crippen LogP contribution in [0.2, 0.25) is 0 Å². The van der Waals surface area contributed by atoms with Gasteiger partial charge in [-0.2, -0.15) is 0 Å². The third-order valence-corrected chi connectivity index (χ3v) is 6.42. The monoisotopic (exact) mass is 439 g/mol. The van der Waals surface area contributed by atoms with Crippen LogP contribution in [0.5, 0.6) is 0 Å². The molecule has 30 heavy (non-hydrogen) atoms. The maximum atomic E-state index is 12.8. The molecule has 3 heterocycles. The van der Waals surface area contributed by atoms with E-state index in [-0.39, 0.29) is 12.4 Å². The van der Waals surface area contributed by atoms with Crippen molar-refractivity contribution < 1.29 is 23.1 Å². The van der Waals surface area contributed by atoms with Crippen LogP contribution in [0, 0.1) is 0 Å². The van der Waals surface area contributed by atoms with Gasteiger partial charge in [-0.15, -0.1) is 0 Å². The average molecular weight is 439 g/mol. The number of rotatable bonds is 11. The molecule has 0 aliphatic carbocycles. The van der Waals surface area contributed by atoms with Gasteiger partial charge >= 0.3 is 7.60 Å². The predicted molar refractivity (Wildman–Crippen MR) is 113 cm³/mol. The Balaban J connectivity index is 1.73. The smallest absolute Gasteiger partial charge is 0.353 e. The molecule has 0 unspecified atom stereocenters. The first kappa shape index (κ1) is 22.8. The molecule has 1 aliphatic heterocycles. The summed E-state index contributed by atoms with van der Waals surface area (Å²) in [6.07, 6.45) is 7.71. The number of aromatic nitrogens is 4. The van der Waals surface area contributed by atoms with E-state index in [2.05, 4.69) is 15.0 Å². The lowest BCUT2D eigenvalue weighted by Gasteiger charge is -2.26. The van der Waals surface area contributed by atoms with Crippen LogP contribution in [0.3, 0.4) is 0 Å². The number of hydrogen-bond acceptors (Lipinski definition) is 9. The largest absolute Gasteiger partial charge is 0.382 e. The van der Waals surface area contributed by atoms with Crippen LogP contribution in [-0.2, 0) is 29.6 Å². The Labute approximate surface area is 176 Å². The van der Waals surface area contributed by atoms with Gasteiger partial charge in [0.15, 0.2) is 17.8 Å². The number of fused-ring (bicyclic) bond motifs is 1. The van der Waals surface area contributed by atoms with Gasteiger partial charge in [0.05, 0.1) is 25.6 Å². The second kappa shape index (κ2) is 11.0. The van der Waals surface area contributed by atoms with Crippen LogP contribution in [0.25, 0.3) is 11.2 Å². The normalized spacial score (nSPS) is 18.9. The van der Waals surface area contributed by atoms with E-state index in [1.54, 1.807) is 26.3 Å². The van der Waals surface area contributed by atoms with Crippen molar-refractivity contribution >= 4 is 24.6 Å². The van der Waals surface area contributed by atoms with Crippen molar-refractivity contribution in [2.75, 3.05) is 25.6 Å². The zero-order valence-electron chi connectivity index (χ0n) is 17.5. The van der Waals surface area contributed by atoms with Crippen molar-refractivity contribution in [1.29, 1.82) is 0 Å². The van der Waals surface area contributed by atoms with Crippen molar-refractivity contribution in [2.24, 2.45) is 0 Å². The second-order valence-electron chi connectivity index (χ2n) is 6.85. The molecule has 11 heteroatoms. The Hall–Kier alpha value is -1.84. The first-order valence-corrected chi connectivity index (χ1v) is 11.9. The van der Waals surface area contributed by atoms with Gasteiger partial charge in [-0.05, 0) is 45.6 Å². The minimum Gasteiger partial charge on any atom is -0.382 e. The number of aryl methyl sites for hydroxylation is 1. The fourth-order valence-electron chi connectivity index (χ4n) is 3.24. The van der Waals surface area contributed by atoms with E-state index in [9.17, 15) is 4.57 Å². The number of anilines is 1. The molecule has 2 aromatic rings. The van der Waals surface area contributed by atoms with Crippen molar-refractivity contribution in [1.82, 2.24) is 19.5 Å². The number of ether oxygens (including phenoxy) is 2. The lowest BCUT2D eigenvalue weighted by atomic mass is 10.2. The number of nitrogens with zero attached hydrogens (tertiary/aromatic N) is 4. The molecule has 0 saturated carbocycles. The SMILES string of the molecule is CCOP(=O)(C=C[C@@H](CCn1cnc2c(N)ncnc21)O[C@H]1CCCCO1)OCC. The van der Waals surface area contributed by atoms with Crippen LogP contribution in [0.1, 0.15) is 39.5 Å². The van der Waals surface area contributed by atoms with Crippen LogP contribution in [0.4, 0.5) is 5.82 Å². The van der Waals surface area contributed by atoms with E-state index in [0.29, 0.717) is 49.8 Å². The quantitative estimate of drug-likeness (QED) is 0.524. The Morgan fingerprint density at radius 3 is 2.80 bits per heavy atom. The zero-order chi connectivity index (χ0) is 21.4. The minimum absolute atomic E-state index is 0.288. The van der Waals surface area contributed by atoms with Crippen molar-refractivity contribution in [3.8, 4) is 0 Å². The summed E-state index contributed by atoms with van der Waals surface area (Å²) in [4.78, 5) is 12.5. The molecule has 0 amide bonds. The van der Waals surface area contributed by atoms with Gasteiger partial charge in [0, 0.05) is 19.0 Å². The highest BCUT2D eigenvalue weighted by Crippen LogP contribution is 2.49. The molecule has 2 aromatic heterocycles. The molecule has 0 radical (unpaired) electrons. The van der Waals surface area contributed by atoms with Gasteiger partial charge in [-0.1, -0.05) is 0 Å². The summed E-state index contributed by atoms with van der Waals surface area (Å²) < 4.78 is 37.2. The second-order valence-corrected chi connectivity index (χ2v) is 8.74. The van der Waals surface area contributed by atoms with Crippen molar-refractivity contribution in [2.45, 2.75) is 58.5 Å². The first-order chi connectivity index (χ1) is 14.5. The van der Waals surface area contributed by atoms with Crippen molar-refractivity contribution in [3.63, 3.8) is 0 Å². The van der Waals surface area contributed by atoms with E-state index in [0.717, 1.165) is 19.3 Å². The third kappa shape index (κ3) is 6.09. The molecule has 2 N–H and O–H groups in total. The number of hydrogen-bond donors (Lipinski definition) is 1. The molecule has 0 aromatic carbocycles. The molecule has 2 atom stereocenters. The fraction of sp³-hybridized carbons (Fsp3) is 0.632. The zero-order valence-corrected chi connectivity index (χ0v) is 18.4. The highest BCUT2D eigenvalue weighted by atomic mass is 31.2. The first-order valence-electron chi connectivity index (χ1n) is 10.3. The van der Waals surface area contributed by atoms with E-state index in [1.807, 2.05) is 4.57 Å². The summed E-state index contributed by atoms with van der Waals surface area (Å²) in [7, 11) is -3.31. The van der Waals surface area contributed by atoms with E-state index < -0.39 is 7.60 Å². The van der Waals surface area contributed by atoms with E-state index in [4.69, 9.17) is 24.3 Å². The van der Waals surface area contributed by atoms with Crippen LogP contribution in [-0.4, -0.2) is 51.7 Å². The molecule has 1 aliphatic rings. The van der Waals surface area contributed by atoms with Gasteiger partial charge in [0.25, 0.3) is 0 Å². The minimum atomic E-state index is -3.31. The highest BCUT2D eigenvalue weighted by Gasteiger charge is 2.23. The Morgan fingerprint density at radius 2 is 2.10 bits per heavy atom. The van der Waals surface area contributed by atoms with Gasteiger partial charge < -0.3 is 28.8 Å². The average Bonchev–Trinajstić information content (AvgIpc) is 3.16. The summed E-state index contributed by atoms with van der Waals surface area (Å²) in [5.74, 6) is 1.83. The molecule has 1 fully saturated rings. The Morgan fingerprint density at radius 1 is 1.30 bits per heavy atom. The molecule has 0 spiro atoms. The van der Waals surface area contributed by atoms with Crippen LogP contribution < -0.4 is 5.73 Å². The van der Waals surface area contributed by atoms with Gasteiger partial charge in [-0.3, -0.25) is 4.57 Å². The van der Waals surface area contributed by atoms with Gasteiger partial charge in [-0.25, -0.2) is 15.0 Å². The predicted octanol–water partition coefficient (Wildman–Crippen LogP) is 3.49. The number of nitrogens with two attached hydrogens (primary N) is 1. The lowest BCUT2D eigenvalue weighted by molar-refractivity contribution is -0.179. The van der Waals surface area contributed by atoms with E-state index in [1.165, 1.54) is 12.1 Å². The van der Waals surface area contributed by atoms with E-state index >= 15 is 0 Å². The standard InChI is InChI=1S/C19H30N5O5P/c1-3-27-30(25,28-4-2)12-9-15(29-16-7-5-6-11-26-16)8-10-24-14-23-17-18(20)21-13-22-19(17)24/h9,12-16H,3-8,10-11H2,1-2H3,(H2,20,21,22)/t15-,16+/m1/s1. The summed E-state index contributed by atoms with van der Waals surface area (Å²) in [5.41, 5.74) is 7.09. The summed E-state index contributed by atoms with van der Waals surface area (Å²) >= 11 is 0. The number of imidazole rings is 1. The molecular formula is C19H30N5O5P. The molecule has 1 saturated heterocycles. The molecule has 3 rings (SSSR count). The summed E-state index contributed by atoms with van der Waals surface area (Å²) in [6, 6.07) is 0. The molecular weight excluding hydrogens is 409 g/mol. The molecule has 10 nitrogen and oxygen atoms in total. The Kier molecular flexibility index (Phi) is 8.35. The molecule has 166 valence electrons. The van der Waals surface area contributed by atoms with Gasteiger partial charge in [0.2, 0.25) is 0 Å². The third-order valence-electron chi connectivity index (χ3n) is 4.65. The lowest BCUT2D eigenvalue weighted by Crippen LogP contribution is -2.27. The topological polar surface area (TPSA) is 124 Å². The van der Waals surface area contributed by atoms with Crippen LogP contribution in [0.15, 0.2) is 24.5 Å². The summed E-state index contributed by atoms with van der Waals surface area (Å²) in [6.45, 7) is 5.40. The van der Waals surface area contributed by atoms with Gasteiger partial charge in [0.1, 0.15) is 11.8 Å². The fourth-order valence-corrected chi connectivity index (χ4v) is 4.61. The highest BCUT2D eigenvalue weighted by molar-refractivity contribution is 7.57. The summed E-state index contributed by atoms with van der Waals surface area (Å²) in [5, 5.41) is 0. The molecule has 0 bridgehead atoms.